The zero-order chi connectivity index (χ0) is 47.2. The van der Waals surface area contributed by atoms with E-state index in [0.717, 1.165) is 83.5 Å². The maximum Gasteiger partial charge on any atom is 0.306 e. The molecule has 1 atom stereocenters. The highest BCUT2D eigenvalue weighted by atomic mass is 16.6. The average Bonchev–Trinajstić information content (AvgIpc) is 3.30. The summed E-state index contributed by atoms with van der Waals surface area (Å²) in [7, 11) is 0. The van der Waals surface area contributed by atoms with Crippen molar-refractivity contribution in [3.63, 3.8) is 0 Å². The van der Waals surface area contributed by atoms with E-state index < -0.39 is 12.1 Å². The second kappa shape index (κ2) is 52.9. The Morgan fingerprint density at radius 3 is 1.09 bits per heavy atom. The summed E-state index contributed by atoms with van der Waals surface area (Å²) in [5, 5.41) is 0. The number of allylic oxidation sites excluding steroid dienone is 16. The molecule has 0 rings (SSSR count). The fourth-order valence-corrected chi connectivity index (χ4v) is 7.06. The third-order valence-corrected chi connectivity index (χ3v) is 11.1. The summed E-state index contributed by atoms with van der Waals surface area (Å²) in [4.78, 5) is 38.0. The van der Waals surface area contributed by atoms with Crippen molar-refractivity contribution in [3.05, 3.63) is 97.2 Å². The molecule has 0 bridgehead atoms. The molecule has 0 aliphatic carbocycles. The van der Waals surface area contributed by atoms with Gasteiger partial charge in [0.25, 0.3) is 0 Å². The van der Waals surface area contributed by atoms with Crippen molar-refractivity contribution in [2.45, 2.75) is 245 Å². The molecule has 0 saturated heterocycles. The van der Waals surface area contributed by atoms with Gasteiger partial charge in [-0.1, -0.05) is 214 Å². The van der Waals surface area contributed by atoms with Gasteiger partial charge < -0.3 is 14.2 Å². The minimum atomic E-state index is -0.822. The molecule has 0 heterocycles. The van der Waals surface area contributed by atoms with Gasteiger partial charge in [0.15, 0.2) is 6.10 Å². The molecule has 0 spiro atoms. The standard InChI is InChI=1S/C59H98O6/c1-4-7-10-13-16-19-22-25-27-29-30-31-33-34-37-40-43-46-49-52-58(61)64-55-56(54-63-57(60)51-48-45-42-39-36-24-21-18-15-12-9-6-3)65-59(62)53-50-47-44-41-38-35-32-28-26-23-20-17-14-11-8-5-2/h8,11,16-22,25-26,28,35,38,44,47,56H,4-7,9-10,12-15,23-24,27,29-34,36-37,39-43,45-46,48-55H2,1-3H3/b11-8-,19-16-,20-17-,21-18-,25-22-,28-26-,38-35-,47-44-. The van der Waals surface area contributed by atoms with E-state index in [-0.39, 0.29) is 31.6 Å². The summed E-state index contributed by atoms with van der Waals surface area (Å²) in [6.07, 6.45) is 69.7. The van der Waals surface area contributed by atoms with Crippen molar-refractivity contribution < 1.29 is 28.6 Å². The molecule has 0 amide bonds. The van der Waals surface area contributed by atoms with Gasteiger partial charge in [0.1, 0.15) is 13.2 Å². The number of hydrogen-bond acceptors (Lipinski definition) is 6. The Balaban J connectivity index is 4.47. The van der Waals surface area contributed by atoms with E-state index in [9.17, 15) is 14.4 Å². The van der Waals surface area contributed by atoms with Crippen LogP contribution in [0.4, 0.5) is 0 Å². The molecule has 0 radical (unpaired) electrons. The molecule has 65 heavy (non-hydrogen) atoms. The molecule has 0 fully saturated rings. The van der Waals surface area contributed by atoms with Crippen molar-refractivity contribution in [2.75, 3.05) is 13.2 Å². The summed E-state index contributed by atoms with van der Waals surface area (Å²) in [6, 6.07) is 0. The van der Waals surface area contributed by atoms with Gasteiger partial charge in [-0.25, -0.2) is 0 Å². The van der Waals surface area contributed by atoms with Crippen molar-refractivity contribution in [1.29, 1.82) is 0 Å². The van der Waals surface area contributed by atoms with Crippen LogP contribution < -0.4 is 0 Å². The Bertz CT molecular complexity index is 1310. The number of hydrogen-bond donors (Lipinski definition) is 0. The van der Waals surface area contributed by atoms with E-state index in [1.54, 1.807) is 0 Å². The molecule has 1 unspecified atom stereocenters. The molecule has 0 saturated carbocycles. The number of ether oxygens (including phenoxy) is 3. The zero-order valence-corrected chi connectivity index (χ0v) is 42.2. The van der Waals surface area contributed by atoms with Crippen LogP contribution in [0.15, 0.2) is 97.2 Å². The SMILES string of the molecule is CC/C=C\C/C=C\C/C=C\C/C=C\C/C=C\CCC(=O)OC(COC(=O)CCCCCCC/C=C\CCCCC)COC(=O)CCCCCCCCCCCC/C=C\C=C/CCCCC. The molecule has 6 nitrogen and oxygen atoms in total. The van der Waals surface area contributed by atoms with Gasteiger partial charge in [-0.15, -0.1) is 0 Å². The van der Waals surface area contributed by atoms with Crippen LogP contribution in [-0.2, 0) is 28.6 Å². The number of carbonyl (C=O) groups is 3. The first kappa shape index (κ1) is 61.3. The van der Waals surface area contributed by atoms with Gasteiger partial charge in [-0.3, -0.25) is 14.4 Å². The lowest BCUT2D eigenvalue weighted by Crippen LogP contribution is -2.30. The maximum absolute atomic E-state index is 12.8. The number of rotatable bonds is 47. The Hall–Kier alpha value is -3.67. The van der Waals surface area contributed by atoms with Crippen molar-refractivity contribution in [2.24, 2.45) is 0 Å². The first-order valence-corrected chi connectivity index (χ1v) is 26.8. The summed E-state index contributed by atoms with van der Waals surface area (Å²) < 4.78 is 16.7. The lowest BCUT2D eigenvalue weighted by Gasteiger charge is -2.18. The summed E-state index contributed by atoms with van der Waals surface area (Å²) in [5.74, 6) is -1.01. The maximum atomic E-state index is 12.8. The smallest absolute Gasteiger partial charge is 0.306 e. The number of carbonyl (C=O) groups excluding carboxylic acids is 3. The number of esters is 3. The largest absolute Gasteiger partial charge is 0.462 e. The normalized spacial score (nSPS) is 12.8. The molecular formula is C59H98O6. The van der Waals surface area contributed by atoms with Gasteiger partial charge in [-0.2, -0.15) is 0 Å². The van der Waals surface area contributed by atoms with Gasteiger partial charge in [0.2, 0.25) is 0 Å². The molecule has 370 valence electrons. The van der Waals surface area contributed by atoms with Crippen LogP contribution in [0.25, 0.3) is 0 Å². The predicted molar refractivity (Wildman–Crippen MR) is 279 cm³/mol. The van der Waals surface area contributed by atoms with Crippen molar-refractivity contribution in [1.82, 2.24) is 0 Å². The lowest BCUT2D eigenvalue weighted by atomic mass is 10.1. The predicted octanol–water partition coefficient (Wildman–Crippen LogP) is 17.8. The second-order valence-corrected chi connectivity index (χ2v) is 17.4. The Labute approximate surface area is 400 Å². The van der Waals surface area contributed by atoms with E-state index in [1.165, 1.54) is 109 Å². The monoisotopic (exact) mass is 903 g/mol. The quantitative estimate of drug-likeness (QED) is 0.0199. The molecular weight excluding hydrogens is 805 g/mol. The van der Waals surface area contributed by atoms with E-state index in [1.807, 2.05) is 12.2 Å². The summed E-state index contributed by atoms with van der Waals surface area (Å²) in [6.45, 7) is 6.40. The minimum absolute atomic E-state index is 0.112. The zero-order valence-electron chi connectivity index (χ0n) is 42.2. The van der Waals surface area contributed by atoms with Gasteiger partial charge in [0.05, 0.1) is 0 Å². The van der Waals surface area contributed by atoms with Crippen molar-refractivity contribution in [3.8, 4) is 0 Å². The van der Waals surface area contributed by atoms with Crippen LogP contribution in [0, 0.1) is 0 Å². The van der Waals surface area contributed by atoms with E-state index in [0.29, 0.717) is 19.3 Å². The first-order chi connectivity index (χ1) is 32.0. The van der Waals surface area contributed by atoms with Crippen LogP contribution in [0.2, 0.25) is 0 Å². The van der Waals surface area contributed by atoms with Crippen LogP contribution in [0.1, 0.15) is 239 Å². The molecule has 0 aromatic carbocycles. The van der Waals surface area contributed by atoms with Crippen LogP contribution in [-0.4, -0.2) is 37.2 Å². The minimum Gasteiger partial charge on any atom is -0.462 e. The highest BCUT2D eigenvalue weighted by molar-refractivity contribution is 5.71. The summed E-state index contributed by atoms with van der Waals surface area (Å²) >= 11 is 0. The molecule has 0 aliphatic heterocycles. The summed E-state index contributed by atoms with van der Waals surface area (Å²) in [5.41, 5.74) is 0. The van der Waals surface area contributed by atoms with Gasteiger partial charge in [-0.05, 0) is 103 Å². The molecule has 6 heteroatoms. The Morgan fingerprint density at radius 2 is 0.677 bits per heavy atom. The highest BCUT2D eigenvalue weighted by Crippen LogP contribution is 2.14. The van der Waals surface area contributed by atoms with Gasteiger partial charge in [0, 0.05) is 19.3 Å². The van der Waals surface area contributed by atoms with Gasteiger partial charge >= 0.3 is 17.9 Å². The van der Waals surface area contributed by atoms with Crippen molar-refractivity contribution >= 4 is 17.9 Å². The average molecular weight is 903 g/mol. The third-order valence-electron chi connectivity index (χ3n) is 11.1. The van der Waals surface area contributed by atoms with Crippen LogP contribution in [0.3, 0.4) is 0 Å². The van der Waals surface area contributed by atoms with E-state index >= 15 is 0 Å². The Kier molecular flexibility index (Phi) is 50.0. The lowest BCUT2D eigenvalue weighted by molar-refractivity contribution is -0.166. The number of unbranched alkanes of at least 4 members (excludes halogenated alkanes) is 21. The molecule has 0 aromatic rings. The first-order valence-electron chi connectivity index (χ1n) is 26.8. The Morgan fingerprint density at radius 1 is 0.338 bits per heavy atom. The van der Waals surface area contributed by atoms with Crippen LogP contribution in [0.5, 0.6) is 0 Å². The highest BCUT2D eigenvalue weighted by Gasteiger charge is 2.19. The van der Waals surface area contributed by atoms with E-state index in [2.05, 4.69) is 106 Å². The topological polar surface area (TPSA) is 78.9 Å². The molecule has 0 aliphatic rings. The fraction of sp³-hybridized carbons (Fsp3) is 0.678. The molecule has 0 aromatic heterocycles. The third kappa shape index (κ3) is 51.2. The molecule has 0 N–H and O–H groups in total. The van der Waals surface area contributed by atoms with E-state index in [4.69, 9.17) is 14.2 Å². The second-order valence-electron chi connectivity index (χ2n) is 17.4. The van der Waals surface area contributed by atoms with Crippen LogP contribution >= 0.6 is 0 Å². The fourth-order valence-electron chi connectivity index (χ4n) is 7.06.